The highest BCUT2D eigenvalue weighted by molar-refractivity contribution is 6.09. The van der Waals surface area contributed by atoms with E-state index in [4.69, 9.17) is 0 Å². The lowest BCUT2D eigenvalue weighted by Crippen LogP contribution is -2.10. The van der Waals surface area contributed by atoms with Crippen molar-refractivity contribution in [2.45, 2.75) is 25.7 Å². The van der Waals surface area contributed by atoms with Crippen molar-refractivity contribution in [1.82, 2.24) is 4.57 Å². The highest BCUT2D eigenvalue weighted by Gasteiger charge is 2.16. The number of aromatic nitrogens is 1. The van der Waals surface area contributed by atoms with E-state index in [1.165, 1.54) is 60.9 Å². The monoisotopic (exact) mass is 642 g/mol. The van der Waals surface area contributed by atoms with Crippen molar-refractivity contribution in [3.8, 4) is 16.8 Å². The largest absolute Gasteiger partial charge is 0.311 e. The van der Waals surface area contributed by atoms with Gasteiger partial charge in [-0.3, -0.25) is 0 Å². The second kappa shape index (κ2) is 13.1. The molecule has 0 fully saturated rings. The molecule has 2 aliphatic rings. The Morgan fingerprint density at radius 3 is 1.22 bits per heavy atom. The Balaban J connectivity index is 1.04. The van der Waals surface area contributed by atoms with Crippen molar-refractivity contribution >= 4 is 50.0 Å². The summed E-state index contributed by atoms with van der Waals surface area (Å²) in [6.45, 7) is 0. The molecular formula is C48H38N2. The molecule has 0 saturated heterocycles. The minimum Gasteiger partial charge on any atom is -0.311 e. The van der Waals surface area contributed by atoms with Crippen LogP contribution in [0.1, 0.15) is 36.8 Å². The van der Waals surface area contributed by atoms with Gasteiger partial charge in [0.1, 0.15) is 0 Å². The van der Waals surface area contributed by atoms with E-state index in [1.54, 1.807) is 0 Å². The van der Waals surface area contributed by atoms with Gasteiger partial charge in [0.2, 0.25) is 0 Å². The standard InChI is InChI=1S/C48H38N2/c1-3-11-35(12-4-1)37-19-27-41(28-20-37)49(42-29-21-38(22-30-42)36-13-5-2-6-14-36)43-31-23-39(24-32-43)40-25-33-44(34-26-40)50-47-17-9-7-15-45(47)46-16-8-10-18-48(46)50/h1-3,5,7-11,13,15-34H,4,6,12,14H2. The Labute approximate surface area is 294 Å². The van der Waals surface area contributed by atoms with Crippen molar-refractivity contribution in [3.05, 3.63) is 193 Å². The molecule has 240 valence electrons. The van der Waals surface area contributed by atoms with Gasteiger partial charge >= 0.3 is 0 Å². The van der Waals surface area contributed by atoms with Crippen molar-refractivity contribution in [3.63, 3.8) is 0 Å². The van der Waals surface area contributed by atoms with E-state index in [2.05, 4.69) is 192 Å². The molecular weight excluding hydrogens is 605 g/mol. The molecule has 1 heterocycles. The number of fused-ring (bicyclic) bond motifs is 3. The van der Waals surface area contributed by atoms with E-state index in [1.807, 2.05) is 0 Å². The van der Waals surface area contributed by atoms with Crippen LogP contribution in [0.3, 0.4) is 0 Å². The number of para-hydroxylation sites is 2. The van der Waals surface area contributed by atoms with Crippen LogP contribution in [0.2, 0.25) is 0 Å². The molecule has 2 aliphatic carbocycles. The fourth-order valence-corrected chi connectivity index (χ4v) is 7.59. The lowest BCUT2D eigenvalue weighted by Gasteiger charge is -2.26. The maximum Gasteiger partial charge on any atom is 0.0541 e. The molecule has 50 heavy (non-hydrogen) atoms. The number of nitrogens with zero attached hydrogens (tertiary/aromatic N) is 2. The maximum atomic E-state index is 2.37. The quantitative estimate of drug-likeness (QED) is 0.168. The summed E-state index contributed by atoms with van der Waals surface area (Å²) < 4.78 is 2.37. The van der Waals surface area contributed by atoms with Crippen LogP contribution < -0.4 is 4.90 Å². The van der Waals surface area contributed by atoms with E-state index in [-0.39, 0.29) is 0 Å². The minimum absolute atomic E-state index is 1.09. The Bertz CT molecular complexity index is 2300. The van der Waals surface area contributed by atoms with Gasteiger partial charge < -0.3 is 9.47 Å². The molecule has 0 aliphatic heterocycles. The van der Waals surface area contributed by atoms with Gasteiger partial charge in [-0.2, -0.15) is 0 Å². The summed E-state index contributed by atoms with van der Waals surface area (Å²) in [7, 11) is 0. The molecule has 9 rings (SSSR count). The number of hydrogen-bond donors (Lipinski definition) is 0. The first kappa shape index (κ1) is 30.0. The molecule has 0 spiro atoms. The van der Waals surface area contributed by atoms with Gasteiger partial charge in [0, 0.05) is 33.5 Å². The predicted molar refractivity (Wildman–Crippen MR) is 214 cm³/mol. The zero-order valence-corrected chi connectivity index (χ0v) is 28.0. The predicted octanol–water partition coefficient (Wildman–Crippen LogP) is 13.4. The summed E-state index contributed by atoms with van der Waals surface area (Å²) >= 11 is 0. The maximum absolute atomic E-state index is 2.37. The van der Waals surface area contributed by atoms with Gasteiger partial charge in [-0.25, -0.2) is 0 Å². The zero-order chi connectivity index (χ0) is 33.3. The van der Waals surface area contributed by atoms with E-state index in [9.17, 15) is 0 Å². The van der Waals surface area contributed by atoms with Gasteiger partial charge in [0.15, 0.2) is 0 Å². The van der Waals surface area contributed by atoms with Gasteiger partial charge in [0.05, 0.1) is 11.0 Å². The third-order valence-electron chi connectivity index (χ3n) is 10.2. The molecule has 0 amide bonds. The second-order valence-electron chi connectivity index (χ2n) is 13.2. The summed E-state index contributed by atoms with van der Waals surface area (Å²) in [5.74, 6) is 0. The van der Waals surface area contributed by atoms with Crippen LogP contribution in [0.4, 0.5) is 17.1 Å². The molecule has 0 bridgehead atoms. The molecule has 2 nitrogen and oxygen atoms in total. The van der Waals surface area contributed by atoms with Crippen LogP contribution in [0.5, 0.6) is 0 Å². The number of hydrogen-bond acceptors (Lipinski definition) is 1. The van der Waals surface area contributed by atoms with E-state index in [0.29, 0.717) is 0 Å². The van der Waals surface area contributed by atoms with Crippen molar-refractivity contribution < 1.29 is 0 Å². The Hall–Kier alpha value is -6.12. The van der Waals surface area contributed by atoms with Gasteiger partial charge in [-0.05, 0) is 120 Å². The fourth-order valence-electron chi connectivity index (χ4n) is 7.59. The fraction of sp³-hybridized carbons (Fsp3) is 0.0833. The van der Waals surface area contributed by atoms with Crippen molar-refractivity contribution in [1.29, 1.82) is 0 Å². The highest BCUT2D eigenvalue weighted by atomic mass is 15.1. The summed E-state index contributed by atoms with van der Waals surface area (Å²) in [5.41, 5.74) is 14.9. The Morgan fingerprint density at radius 1 is 0.400 bits per heavy atom. The van der Waals surface area contributed by atoms with Gasteiger partial charge in [0.25, 0.3) is 0 Å². The van der Waals surface area contributed by atoms with E-state index >= 15 is 0 Å². The smallest absolute Gasteiger partial charge is 0.0541 e. The van der Waals surface area contributed by atoms with Crippen molar-refractivity contribution in [2.75, 3.05) is 4.90 Å². The Kier molecular flexibility index (Phi) is 7.83. The SMILES string of the molecule is C1=CCCC(c2ccc(N(c3ccc(C4=CC=CCC4)cc3)c3ccc(-c4ccc(-n5c6ccccc6c6ccccc65)cc4)cc3)cc2)=C1. The third-order valence-corrected chi connectivity index (χ3v) is 10.2. The molecule has 0 unspecified atom stereocenters. The number of allylic oxidation sites excluding steroid dienone is 8. The minimum atomic E-state index is 1.09. The third kappa shape index (κ3) is 5.59. The molecule has 0 N–H and O–H groups in total. The topological polar surface area (TPSA) is 8.17 Å². The molecule has 1 aromatic heterocycles. The molecule has 0 radical (unpaired) electrons. The van der Waals surface area contributed by atoms with Gasteiger partial charge in [-0.15, -0.1) is 0 Å². The first-order valence-corrected chi connectivity index (χ1v) is 17.7. The van der Waals surface area contributed by atoms with Crippen LogP contribution in [0.25, 0.3) is 49.8 Å². The van der Waals surface area contributed by atoms with Crippen LogP contribution in [-0.2, 0) is 0 Å². The van der Waals surface area contributed by atoms with Gasteiger partial charge in [-0.1, -0.05) is 121 Å². The first-order chi connectivity index (χ1) is 24.8. The van der Waals surface area contributed by atoms with Crippen molar-refractivity contribution in [2.24, 2.45) is 0 Å². The average Bonchev–Trinajstić information content (AvgIpc) is 3.54. The molecule has 0 atom stereocenters. The second-order valence-corrected chi connectivity index (χ2v) is 13.2. The highest BCUT2D eigenvalue weighted by Crippen LogP contribution is 2.38. The number of benzene rings is 6. The molecule has 0 saturated carbocycles. The lowest BCUT2D eigenvalue weighted by atomic mass is 9.96. The molecule has 7 aromatic rings. The summed E-state index contributed by atoms with van der Waals surface area (Å²) in [4.78, 5) is 2.37. The first-order valence-electron chi connectivity index (χ1n) is 17.7. The van der Waals surface area contributed by atoms with Crippen LogP contribution >= 0.6 is 0 Å². The summed E-state index contributed by atoms with van der Waals surface area (Å²) in [6.07, 6.45) is 17.7. The van der Waals surface area contributed by atoms with E-state index in [0.717, 1.165) is 42.7 Å². The summed E-state index contributed by atoms with van der Waals surface area (Å²) in [5, 5.41) is 2.56. The van der Waals surface area contributed by atoms with Crippen LogP contribution in [0, 0.1) is 0 Å². The lowest BCUT2D eigenvalue weighted by molar-refractivity contribution is 1.05. The normalized spacial score (nSPS) is 14.2. The van der Waals surface area contributed by atoms with Crippen LogP contribution in [-0.4, -0.2) is 4.57 Å². The molecule has 6 aromatic carbocycles. The number of rotatable bonds is 7. The molecule has 2 heteroatoms. The average molecular weight is 643 g/mol. The Morgan fingerprint density at radius 2 is 0.800 bits per heavy atom. The number of anilines is 3. The zero-order valence-electron chi connectivity index (χ0n) is 28.0. The van der Waals surface area contributed by atoms with E-state index < -0.39 is 0 Å². The summed E-state index contributed by atoms with van der Waals surface area (Å²) in [6, 6.07) is 53.5. The van der Waals surface area contributed by atoms with Crippen LogP contribution in [0.15, 0.2) is 182 Å².